The average Bonchev–Trinajstić information content (AvgIpc) is 3.19. The first-order chi connectivity index (χ1) is 12.8. The molecule has 1 heterocycles. The zero-order chi connectivity index (χ0) is 18.0. The Balaban J connectivity index is 1.37. The number of hydrogen-bond donors (Lipinski definition) is 2. The number of furan rings is 1. The summed E-state index contributed by atoms with van der Waals surface area (Å²) in [5, 5.41) is 7.11. The van der Waals surface area contributed by atoms with Crippen molar-refractivity contribution >= 4 is 34.8 Å². The molecule has 0 saturated carbocycles. The van der Waals surface area contributed by atoms with Gasteiger partial charge in [-0.05, 0) is 60.6 Å². The van der Waals surface area contributed by atoms with Gasteiger partial charge < -0.3 is 15.1 Å². The lowest BCUT2D eigenvalue weighted by atomic mass is 10.2. The summed E-state index contributed by atoms with van der Waals surface area (Å²) in [6, 6.07) is 22.8. The monoisotopic (exact) mass is 382 g/mol. The molecule has 0 fully saturated rings. The van der Waals surface area contributed by atoms with Crippen LogP contribution in [0.15, 0.2) is 82.3 Å². The van der Waals surface area contributed by atoms with Crippen LogP contribution >= 0.6 is 24.0 Å². The minimum absolute atomic E-state index is 0.649. The summed E-state index contributed by atoms with van der Waals surface area (Å²) in [5.41, 5.74) is 2.30. The van der Waals surface area contributed by atoms with Crippen LogP contribution in [-0.2, 0) is 12.2 Å². The minimum Gasteiger partial charge on any atom is -0.469 e. The molecule has 0 spiro atoms. The topological polar surface area (TPSA) is 37.2 Å². The Labute approximate surface area is 164 Å². The number of rotatable bonds is 8. The van der Waals surface area contributed by atoms with E-state index in [1.54, 1.807) is 6.26 Å². The number of thiocarbonyl (C=S) groups is 1. The molecule has 0 atom stereocenters. The third kappa shape index (κ3) is 6.24. The van der Waals surface area contributed by atoms with E-state index >= 15 is 0 Å². The van der Waals surface area contributed by atoms with Gasteiger partial charge in [0.2, 0.25) is 0 Å². The van der Waals surface area contributed by atoms with Gasteiger partial charge >= 0.3 is 0 Å². The van der Waals surface area contributed by atoms with E-state index < -0.39 is 0 Å². The molecule has 0 unspecified atom stereocenters. The van der Waals surface area contributed by atoms with Gasteiger partial charge in [-0.2, -0.15) is 0 Å². The first kappa shape index (κ1) is 18.5. The maximum atomic E-state index is 5.35. The van der Waals surface area contributed by atoms with Crippen molar-refractivity contribution in [3.63, 3.8) is 0 Å². The van der Waals surface area contributed by atoms with Gasteiger partial charge in [0.1, 0.15) is 5.76 Å². The summed E-state index contributed by atoms with van der Waals surface area (Å²) >= 11 is 7.19. The van der Waals surface area contributed by atoms with Crippen LogP contribution in [0.3, 0.4) is 0 Å². The standard InChI is InChI=1S/C21H22N2OS2/c25-21(22-14-4-6-19-7-5-15-24-19)23-18-12-10-17(11-13-18)16-26-20-8-2-1-3-9-20/h1-3,5,7-13,15H,4,6,14,16H2,(H2,22,23,25). The molecule has 0 aliphatic heterocycles. The van der Waals surface area contributed by atoms with Crippen molar-refractivity contribution in [2.24, 2.45) is 0 Å². The van der Waals surface area contributed by atoms with Crippen molar-refractivity contribution < 1.29 is 4.42 Å². The first-order valence-corrected chi connectivity index (χ1v) is 10.0. The number of benzene rings is 2. The quantitative estimate of drug-likeness (QED) is 0.306. The Kier molecular flexibility index (Phi) is 7.16. The van der Waals surface area contributed by atoms with Crippen molar-refractivity contribution in [1.82, 2.24) is 5.32 Å². The largest absolute Gasteiger partial charge is 0.469 e. The lowest BCUT2D eigenvalue weighted by molar-refractivity contribution is 0.501. The second-order valence-corrected chi connectivity index (χ2v) is 7.32. The van der Waals surface area contributed by atoms with E-state index in [2.05, 4.69) is 59.2 Å². The highest BCUT2D eigenvalue weighted by atomic mass is 32.2. The zero-order valence-electron chi connectivity index (χ0n) is 14.5. The maximum Gasteiger partial charge on any atom is 0.170 e. The Bertz CT molecular complexity index is 787. The van der Waals surface area contributed by atoms with Crippen LogP contribution in [0.1, 0.15) is 17.7 Å². The van der Waals surface area contributed by atoms with E-state index in [-0.39, 0.29) is 0 Å². The van der Waals surface area contributed by atoms with Crippen molar-refractivity contribution in [2.75, 3.05) is 11.9 Å². The summed E-state index contributed by atoms with van der Waals surface area (Å²) in [7, 11) is 0. The average molecular weight is 383 g/mol. The summed E-state index contributed by atoms with van der Waals surface area (Å²) in [6.45, 7) is 0.818. The Morgan fingerprint density at radius 1 is 0.962 bits per heavy atom. The predicted octanol–water partition coefficient (Wildman–Crippen LogP) is 5.49. The molecular weight excluding hydrogens is 360 g/mol. The number of nitrogens with one attached hydrogen (secondary N) is 2. The normalized spacial score (nSPS) is 10.5. The van der Waals surface area contributed by atoms with Gasteiger partial charge in [-0.3, -0.25) is 0 Å². The SMILES string of the molecule is S=C(NCCCc1ccco1)Nc1ccc(CSc2ccccc2)cc1. The van der Waals surface area contributed by atoms with Crippen LogP contribution in [0.5, 0.6) is 0 Å². The van der Waals surface area contributed by atoms with Crippen LogP contribution < -0.4 is 10.6 Å². The van der Waals surface area contributed by atoms with Crippen LogP contribution in [0.4, 0.5) is 5.69 Å². The molecule has 0 aliphatic carbocycles. The van der Waals surface area contributed by atoms with Crippen LogP contribution in [0.2, 0.25) is 0 Å². The Morgan fingerprint density at radius 2 is 1.77 bits per heavy atom. The van der Waals surface area contributed by atoms with Gasteiger partial charge in [0.15, 0.2) is 5.11 Å². The highest BCUT2D eigenvalue weighted by molar-refractivity contribution is 7.98. The number of thioether (sulfide) groups is 1. The van der Waals surface area contributed by atoms with Gasteiger partial charge in [0, 0.05) is 29.3 Å². The number of hydrogen-bond acceptors (Lipinski definition) is 3. The van der Waals surface area contributed by atoms with Crippen LogP contribution in [-0.4, -0.2) is 11.7 Å². The second-order valence-electron chi connectivity index (χ2n) is 5.86. The highest BCUT2D eigenvalue weighted by Gasteiger charge is 2.00. The summed E-state index contributed by atoms with van der Waals surface area (Å²) in [4.78, 5) is 1.29. The molecule has 3 rings (SSSR count). The van der Waals surface area contributed by atoms with Crippen LogP contribution in [0, 0.1) is 0 Å². The van der Waals surface area contributed by atoms with Crippen molar-refractivity contribution in [3.05, 3.63) is 84.3 Å². The van der Waals surface area contributed by atoms with E-state index in [4.69, 9.17) is 16.6 Å². The third-order valence-electron chi connectivity index (χ3n) is 3.83. The Morgan fingerprint density at radius 3 is 2.50 bits per heavy atom. The summed E-state index contributed by atoms with van der Waals surface area (Å²) < 4.78 is 5.32. The Hall–Kier alpha value is -2.24. The number of aryl methyl sites for hydroxylation is 1. The molecular formula is C21H22N2OS2. The van der Waals surface area contributed by atoms with Crippen molar-refractivity contribution in [1.29, 1.82) is 0 Å². The fourth-order valence-corrected chi connectivity index (χ4v) is 3.56. The van der Waals surface area contributed by atoms with E-state index in [0.29, 0.717) is 5.11 Å². The third-order valence-corrected chi connectivity index (χ3v) is 5.16. The van der Waals surface area contributed by atoms with E-state index in [1.165, 1.54) is 10.5 Å². The zero-order valence-corrected chi connectivity index (χ0v) is 16.1. The smallest absolute Gasteiger partial charge is 0.170 e. The molecule has 0 aliphatic rings. The molecule has 5 heteroatoms. The molecule has 3 nitrogen and oxygen atoms in total. The van der Waals surface area contributed by atoms with Crippen LogP contribution in [0.25, 0.3) is 0 Å². The van der Waals surface area contributed by atoms with E-state index in [9.17, 15) is 0 Å². The molecule has 2 N–H and O–H groups in total. The van der Waals surface area contributed by atoms with Gasteiger partial charge in [-0.25, -0.2) is 0 Å². The molecule has 0 amide bonds. The second kappa shape index (κ2) is 10.0. The number of anilines is 1. The summed E-state index contributed by atoms with van der Waals surface area (Å²) in [5.74, 6) is 1.97. The fourth-order valence-electron chi connectivity index (χ4n) is 2.46. The molecule has 0 bridgehead atoms. The fraction of sp³-hybridized carbons (Fsp3) is 0.190. The molecule has 3 aromatic rings. The molecule has 26 heavy (non-hydrogen) atoms. The molecule has 1 aromatic heterocycles. The van der Waals surface area contributed by atoms with Crippen molar-refractivity contribution in [2.45, 2.75) is 23.5 Å². The predicted molar refractivity (Wildman–Crippen MR) is 114 cm³/mol. The lowest BCUT2D eigenvalue weighted by Crippen LogP contribution is -2.29. The highest BCUT2D eigenvalue weighted by Crippen LogP contribution is 2.23. The maximum absolute atomic E-state index is 5.35. The van der Waals surface area contributed by atoms with Gasteiger partial charge in [-0.15, -0.1) is 11.8 Å². The first-order valence-electron chi connectivity index (χ1n) is 8.63. The van der Waals surface area contributed by atoms with Gasteiger partial charge in [-0.1, -0.05) is 30.3 Å². The van der Waals surface area contributed by atoms with Gasteiger partial charge in [0.25, 0.3) is 0 Å². The molecule has 0 saturated heterocycles. The van der Waals surface area contributed by atoms with Gasteiger partial charge in [0.05, 0.1) is 6.26 Å². The lowest BCUT2D eigenvalue weighted by Gasteiger charge is -2.11. The van der Waals surface area contributed by atoms with E-state index in [1.807, 2.05) is 30.0 Å². The molecule has 0 radical (unpaired) electrons. The van der Waals surface area contributed by atoms with Crippen molar-refractivity contribution in [3.8, 4) is 0 Å². The molecule has 2 aromatic carbocycles. The minimum atomic E-state index is 0.649. The summed E-state index contributed by atoms with van der Waals surface area (Å²) in [6.07, 6.45) is 3.60. The molecule has 134 valence electrons. The van der Waals surface area contributed by atoms with E-state index in [0.717, 1.165) is 36.6 Å².